The normalized spacial score (nSPS) is 17.0. The van der Waals surface area contributed by atoms with Crippen LogP contribution in [0.2, 0.25) is 0 Å². The zero-order valence-corrected chi connectivity index (χ0v) is 16.5. The molecule has 1 saturated heterocycles. The molecule has 0 aromatic heterocycles. The molecule has 1 aliphatic rings. The molecule has 0 saturated carbocycles. The number of amides is 1. The molecule has 1 aromatic carbocycles. The molecule has 1 heterocycles. The second kappa shape index (κ2) is 10.7. The number of halogens is 1. The van der Waals surface area contributed by atoms with Gasteiger partial charge in [0.05, 0.1) is 6.54 Å². The molecule has 0 radical (unpaired) electrons. The summed E-state index contributed by atoms with van der Waals surface area (Å²) in [4.78, 5) is 18.1. The summed E-state index contributed by atoms with van der Waals surface area (Å²) in [5.41, 5.74) is 0. The Morgan fingerprint density at radius 1 is 1.33 bits per heavy atom. The van der Waals surface area contributed by atoms with Crippen molar-refractivity contribution in [3.05, 3.63) is 30.1 Å². The highest BCUT2D eigenvalue weighted by Gasteiger charge is 2.26. The monoisotopic (exact) mass is 378 g/mol. The number of guanidine groups is 1. The van der Waals surface area contributed by atoms with E-state index in [2.05, 4.69) is 22.5 Å². The summed E-state index contributed by atoms with van der Waals surface area (Å²) < 4.78 is 18.7. The fraction of sp³-hybridized carbons (Fsp3) is 0.600. The Kier molecular flexibility index (Phi) is 8.36. The van der Waals surface area contributed by atoms with Crippen LogP contribution in [0.1, 0.15) is 39.5 Å². The number of aliphatic imine (C=N–C) groups is 1. The van der Waals surface area contributed by atoms with Gasteiger partial charge in [0.2, 0.25) is 5.91 Å². The van der Waals surface area contributed by atoms with Gasteiger partial charge >= 0.3 is 0 Å². The molecule has 0 aliphatic carbocycles. The third kappa shape index (κ3) is 6.73. The summed E-state index contributed by atoms with van der Waals surface area (Å²) in [5.74, 6) is 1.33. The van der Waals surface area contributed by atoms with Gasteiger partial charge in [-0.15, -0.1) is 0 Å². The van der Waals surface area contributed by atoms with Crippen LogP contribution in [0, 0.1) is 5.82 Å². The Balaban J connectivity index is 1.70. The first-order valence-corrected chi connectivity index (χ1v) is 9.69. The van der Waals surface area contributed by atoms with Gasteiger partial charge in [-0.2, -0.15) is 0 Å². The Labute approximate surface area is 161 Å². The van der Waals surface area contributed by atoms with Gasteiger partial charge in [0, 0.05) is 32.6 Å². The van der Waals surface area contributed by atoms with E-state index in [-0.39, 0.29) is 23.9 Å². The zero-order chi connectivity index (χ0) is 19.6. The van der Waals surface area contributed by atoms with Crippen molar-refractivity contribution in [2.24, 2.45) is 4.99 Å². The summed E-state index contributed by atoms with van der Waals surface area (Å²) in [6.45, 7) is 6.25. The molecule has 2 unspecified atom stereocenters. The number of hydrogen-bond donors (Lipinski definition) is 2. The van der Waals surface area contributed by atoms with E-state index in [1.807, 2.05) is 11.8 Å². The molecule has 150 valence electrons. The molecular formula is C20H31FN4O2. The predicted molar refractivity (Wildman–Crippen MR) is 105 cm³/mol. The molecule has 2 rings (SSSR count). The van der Waals surface area contributed by atoms with E-state index in [4.69, 9.17) is 4.74 Å². The molecule has 7 heteroatoms. The van der Waals surface area contributed by atoms with Crippen molar-refractivity contribution < 1.29 is 13.9 Å². The Morgan fingerprint density at radius 2 is 2.07 bits per heavy atom. The van der Waals surface area contributed by atoms with Gasteiger partial charge in [-0.25, -0.2) is 4.39 Å². The van der Waals surface area contributed by atoms with Crippen molar-refractivity contribution >= 4 is 11.9 Å². The minimum absolute atomic E-state index is 0.0976. The first-order chi connectivity index (χ1) is 13.0. The second-order valence-corrected chi connectivity index (χ2v) is 6.80. The fourth-order valence-electron chi connectivity index (χ4n) is 3.24. The van der Waals surface area contributed by atoms with Crippen molar-refractivity contribution in [3.63, 3.8) is 0 Å². The van der Waals surface area contributed by atoms with Crippen molar-refractivity contribution in [2.45, 2.75) is 51.7 Å². The van der Waals surface area contributed by atoms with E-state index in [0.29, 0.717) is 24.7 Å². The lowest BCUT2D eigenvalue weighted by atomic mass is 10.1. The van der Waals surface area contributed by atoms with Crippen molar-refractivity contribution in [3.8, 4) is 5.75 Å². The van der Waals surface area contributed by atoms with Crippen LogP contribution in [0.4, 0.5) is 4.39 Å². The summed E-state index contributed by atoms with van der Waals surface area (Å²) in [6.07, 6.45) is 3.41. The van der Waals surface area contributed by atoms with E-state index >= 15 is 0 Å². The smallest absolute Gasteiger partial charge is 0.222 e. The lowest BCUT2D eigenvalue weighted by Gasteiger charge is -2.27. The minimum atomic E-state index is -0.279. The first kappa shape index (κ1) is 21.0. The highest BCUT2D eigenvalue weighted by molar-refractivity contribution is 5.79. The standard InChI is InChI=1S/C20H31FN4O2/c1-4-17(25-13-5-6-19(25)26)11-12-23-20(22-3)24-14-15(2)27-18-9-7-16(21)8-10-18/h7-10,15,17H,4-6,11-14H2,1-3H3,(H2,22,23,24). The number of carbonyl (C=O) groups is 1. The van der Waals surface area contributed by atoms with E-state index < -0.39 is 0 Å². The topological polar surface area (TPSA) is 66.0 Å². The molecule has 0 spiro atoms. The van der Waals surface area contributed by atoms with Crippen LogP contribution in [0.15, 0.2) is 29.3 Å². The maximum atomic E-state index is 12.9. The van der Waals surface area contributed by atoms with Gasteiger partial charge in [-0.1, -0.05) is 6.92 Å². The quantitative estimate of drug-likeness (QED) is 0.512. The number of benzene rings is 1. The number of likely N-dealkylation sites (tertiary alicyclic amines) is 1. The molecule has 2 atom stereocenters. The van der Waals surface area contributed by atoms with Crippen molar-refractivity contribution in [1.29, 1.82) is 0 Å². The van der Waals surface area contributed by atoms with Crippen LogP contribution in [0.25, 0.3) is 0 Å². The van der Waals surface area contributed by atoms with Crippen LogP contribution in [-0.4, -0.2) is 55.6 Å². The Bertz CT molecular complexity index is 621. The van der Waals surface area contributed by atoms with Crippen LogP contribution in [0.3, 0.4) is 0 Å². The Morgan fingerprint density at radius 3 is 2.67 bits per heavy atom. The summed E-state index contributed by atoms with van der Waals surface area (Å²) >= 11 is 0. The molecule has 27 heavy (non-hydrogen) atoms. The Hall–Kier alpha value is -2.31. The van der Waals surface area contributed by atoms with Gasteiger partial charge in [0.15, 0.2) is 5.96 Å². The average Bonchev–Trinajstić information content (AvgIpc) is 3.09. The first-order valence-electron chi connectivity index (χ1n) is 9.69. The summed E-state index contributed by atoms with van der Waals surface area (Å²) in [5, 5.41) is 6.53. The van der Waals surface area contributed by atoms with E-state index in [1.54, 1.807) is 19.2 Å². The molecule has 1 aromatic rings. The number of rotatable bonds is 9. The maximum absolute atomic E-state index is 12.9. The SMILES string of the molecule is CCC(CCNC(=NC)NCC(C)Oc1ccc(F)cc1)N1CCCC1=O. The minimum Gasteiger partial charge on any atom is -0.489 e. The number of ether oxygens (including phenoxy) is 1. The van der Waals surface area contributed by atoms with Gasteiger partial charge in [-0.05, 0) is 50.5 Å². The number of nitrogens with one attached hydrogen (secondary N) is 2. The predicted octanol–water partition coefficient (Wildman–Crippen LogP) is 2.55. The lowest BCUT2D eigenvalue weighted by Crippen LogP contribution is -2.44. The number of hydrogen-bond acceptors (Lipinski definition) is 3. The van der Waals surface area contributed by atoms with Gasteiger partial charge in [0.25, 0.3) is 0 Å². The maximum Gasteiger partial charge on any atom is 0.222 e. The zero-order valence-electron chi connectivity index (χ0n) is 16.5. The molecule has 1 fully saturated rings. The fourth-order valence-corrected chi connectivity index (χ4v) is 3.24. The molecule has 0 bridgehead atoms. The van der Waals surface area contributed by atoms with Crippen LogP contribution < -0.4 is 15.4 Å². The summed E-state index contributed by atoms with van der Waals surface area (Å²) in [6, 6.07) is 6.27. The van der Waals surface area contributed by atoms with E-state index in [9.17, 15) is 9.18 Å². The highest BCUT2D eigenvalue weighted by Crippen LogP contribution is 2.17. The van der Waals surface area contributed by atoms with E-state index in [1.165, 1.54) is 12.1 Å². The summed E-state index contributed by atoms with van der Waals surface area (Å²) in [7, 11) is 1.72. The molecule has 1 aliphatic heterocycles. The number of carbonyl (C=O) groups excluding carboxylic acids is 1. The largest absolute Gasteiger partial charge is 0.489 e. The van der Waals surface area contributed by atoms with Crippen molar-refractivity contribution in [1.82, 2.24) is 15.5 Å². The molecule has 1 amide bonds. The van der Waals surface area contributed by atoms with Gasteiger partial charge in [0.1, 0.15) is 17.7 Å². The van der Waals surface area contributed by atoms with Crippen LogP contribution in [-0.2, 0) is 4.79 Å². The lowest BCUT2D eigenvalue weighted by molar-refractivity contribution is -0.129. The average molecular weight is 378 g/mol. The van der Waals surface area contributed by atoms with Gasteiger partial charge in [-0.3, -0.25) is 9.79 Å². The molecule has 6 nitrogen and oxygen atoms in total. The molecule has 2 N–H and O–H groups in total. The van der Waals surface area contributed by atoms with Crippen LogP contribution >= 0.6 is 0 Å². The third-order valence-electron chi connectivity index (χ3n) is 4.72. The second-order valence-electron chi connectivity index (χ2n) is 6.80. The van der Waals surface area contributed by atoms with Crippen LogP contribution in [0.5, 0.6) is 5.75 Å². The van der Waals surface area contributed by atoms with Crippen molar-refractivity contribution in [2.75, 3.05) is 26.7 Å². The number of nitrogens with zero attached hydrogens (tertiary/aromatic N) is 2. The van der Waals surface area contributed by atoms with E-state index in [0.717, 1.165) is 32.4 Å². The molecular weight excluding hydrogens is 347 g/mol. The highest BCUT2D eigenvalue weighted by atomic mass is 19.1. The van der Waals surface area contributed by atoms with Gasteiger partial charge < -0.3 is 20.3 Å². The third-order valence-corrected chi connectivity index (χ3v) is 4.72.